The molecule has 1 unspecified atom stereocenters. The average Bonchev–Trinajstić information content (AvgIpc) is 2.84. The van der Waals surface area contributed by atoms with E-state index in [0.717, 1.165) is 5.56 Å². The van der Waals surface area contributed by atoms with Gasteiger partial charge in [0, 0.05) is 10.6 Å². The largest absolute Gasteiger partial charge is 0.496 e. The van der Waals surface area contributed by atoms with Crippen LogP contribution in [0.3, 0.4) is 0 Å². The molecule has 0 fully saturated rings. The number of hydrogen-bond acceptors (Lipinski definition) is 4. The standard InChI is InChI=1S/C12H13ClN2O2/c1-16-10-5-4-8(13)7-9(10)12(15-14)11-3-2-6-17-11/h2-7,12,15H,14H2,1H3. The van der Waals surface area contributed by atoms with Crippen LogP contribution >= 0.6 is 11.6 Å². The molecule has 0 amide bonds. The van der Waals surface area contributed by atoms with E-state index in [1.165, 1.54) is 0 Å². The summed E-state index contributed by atoms with van der Waals surface area (Å²) in [6, 6.07) is 8.71. The van der Waals surface area contributed by atoms with Gasteiger partial charge in [-0.1, -0.05) is 11.6 Å². The molecule has 0 spiro atoms. The molecule has 1 heterocycles. The van der Waals surface area contributed by atoms with Gasteiger partial charge in [-0.3, -0.25) is 5.84 Å². The van der Waals surface area contributed by atoms with E-state index in [1.807, 2.05) is 6.07 Å². The van der Waals surface area contributed by atoms with E-state index in [1.54, 1.807) is 37.6 Å². The predicted octanol–water partition coefficient (Wildman–Crippen LogP) is 2.49. The topological polar surface area (TPSA) is 60.4 Å². The number of hydrazine groups is 1. The van der Waals surface area contributed by atoms with Crippen LogP contribution in [0, 0.1) is 0 Å². The molecule has 2 aromatic rings. The summed E-state index contributed by atoms with van der Waals surface area (Å²) in [5.74, 6) is 6.97. The van der Waals surface area contributed by atoms with Crippen LogP contribution in [0.4, 0.5) is 0 Å². The van der Waals surface area contributed by atoms with Crippen LogP contribution in [0.1, 0.15) is 17.4 Å². The number of furan rings is 1. The molecular weight excluding hydrogens is 240 g/mol. The van der Waals surface area contributed by atoms with Gasteiger partial charge in [-0.15, -0.1) is 0 Å². The van der Waals surface area contributed by atoms with Crippen molar-refractivity contribution in [3.8, 4) is 5.75 Å². The van der Waals surface area contributed by atoms with Crippen molar-refractivity contribution in [1.82, 2.24) is 5.43 Å². The van der Waals surface area contributed by atoms with Gasteiger partial charge in [-0.05, 0) is 30.3 Å². The van der Waals surface area contributed by atoms with Gasteiger partial charge in [0.2, 0.25) is 0 Å². The lowest BCUT2D eigenvalue weighted by Gasteiger charge is -2.17. The second kappa shape index (κ2) is 5.23. The van der Waals surface area contributed by atoms with Crippen molar-refractivity contribution < 1.29 is 9.15 Å². The SMILES string of the molecule is COc1ccc(Cl)cc1C(NN)c1ccco1. The van der Waals surface area contributed by atoms with Crippen molar-refractivity contribution in [3.63, 3.8) is 0 Å². The number of nitrogens with one attached hydrogen (secondary N) is 1. The zero-order valence-corrected chi connectivity index (χ0v) is 10.1. The molecule has 0 saturated heterocycles. The normalized spacial score (nSPS) is 12.4. The number of benzene rings is 1. The molecule has 2 rings (SSSR count). The third kappa shape index (κ3) is 2.44. The number of rotatable bonds is 4. The zero-order valence-electron chi connectivity index (χ0n) is 9.31. The Labute approximate surface area is 104 Å². The monoisotopic (exact) mass is 252 g/mol. The van der Waals surface area contributed by atoms with E-state index in [2.05, 4.69) is 5.43 Å². The number of methoxy groups -OCH3 is 1. The van der Waals surface area contributed by atoms with Crippen LogP contribution in [0.15, 0.2) is 41.0 Å². The molecule has 1 aromatic carbocycles. The van der Waals surface area contributed by atoms with Crippen molar-refractivity contribution in [2.45, 2.75) is 6.04 Å². The van der Waals surface area contributed by atoms with E-state index < -0.39 is 0 Å². The van der Waals surface area contributed by atoms with Gasteiger partial charge in [-0.25, -0.2) is 5.43 Å². The Morgan fingerprint density at radius 2 is 2.24 bits per heavy atom. The lowest BCUT2D eigenvalue weighted by molar-refractivity contribution is 0.393. The van der Waals surface area contributed by atoms with E-state index in [0.29, 0.717) is 16.5 Å². The molecule has 1 atom stereocenters. The lowest BCUT2D eigenvalue weighted by Crippen LogP contribution is -2.28. The highest BCUT2D eigenvalue weighted by molar-refractivity contribution is 6.30. The Balaban J connectivity index is 2.46. The Kier molecular flexibility index (Phi) is 3.68. The first-order valence-corrected chi connectivity index (χ1v) is 5.47. The van der Waals surface area contributed by atoms with Crippen molar-refractivity contribution in [2.75, 3.05) is 7.11 Å². The molecule has 0 aliphatic heterocycles. The molecule has 0 aliphatic rings. The maximum Gasteiger partial charge on any atom is 0.126 e. The molecule has 90 valence electrons. The van der Waals surface area contributed by atoms with Crippen molar-refractivity contribution in [1.29, 1.82) is 0 Å². The van der Waals surface area contributed by atoms with Crippen molar-refractivity contribution >= 4 is 11.6 Å². The fourth-order valence-electron chi connectivity index (χ4n) is 1.71. The van der Waals surface area contributed by atoms with Gasteiger partial charge in [0.15, 0.2) is 0 Å². The zero-order chi connectivity index (χ0) is 12.3. The summed E-state index contributed by atoms with van der Waals surface area (Å²) in [4.78, 5) is 0. The van der Waals surface area contributed by atoms with Crippen LogP contribution in [-0.4, -0.2) is 7.11 Å². The maximum absolute atomic E-state index is 5.98. The van der Waals surface area contributed by atoms with Crippen molar-refractivity contribution in [3.05, 3.63) is 52.9 Å². The maximum atomic E-state index is 5.98. The smallest absolute Gasteiger partial charge is 0.126 e. The minimum absolute atomic E-state index is 0.293. The molecule has 0 bridgehead atoms. The average molecular weight is 253 g/mol. The number of halogens is 1. The fraction of sp³-hybridized carbons (Fsp3) is 0.167. The molecule has 0 aliphatic carbocycles. The second-order valence-corrected chi connectivity index (χ2v) is 3.94. The minimum atomic E-state index is -0.293. The highest BCUT2D eigenvalue weighted by Crippen LogP contribution is 2.31. The third-order valence-corrected chi connectivity index (χ3v) is 2.73. The molecular formula is C12H13ClN2O2. The molecule has 0 saturated carbocycles. The van der Waals surface area contributed by atoms with E-state index >= 15 is 0 Å². The van der Waals surface area contributed by atoms with Gasteiger partial charge >= 0.3 is 0 Å². The van der Waals surface area contributed by atoms with Gasteiger partial charge < -0.3 is 9.15 Å². The van der Waals surface area contributed by atoms with Crippen LogP contribution < -0.4 is 16.0 Å². The molecule has 17 heavy (non-hydrogen) atoms. The van der Waals surface area contributed by atoms with Crippen LogP contribution in [-0.2, 0) is 0 Å². The van der Waals surface area contributed by atoms with Crippen LogP contribution in [0.25, 0.3) is 0 Å². The Morgan fingerprint density at radius 3 is 2.82 bits per heavy atom. The van der Waals surface area contributed by atoms with Gasteiger partial charge in [-0.2, -0.15) is 0 Å². The molecule has 3 N–H and O–H groups in total. The van der Waals surface area contributed by atoms with Gasteiger partial charge in [0.25, 0.3) is 0 Å². The summed E-state index contributed by atoms with van der Waals surface area (Å²) in [5.41, 5.74) is 3.52. The summed E-state index contributed by atoms with van der Waals surface area (Å²) in [7, 11) is 1.60. The van der Waals surface area contributed by atoms with Crippen LogP contribution in [0.2, 0.25) is 5.02 Å². The van der Waals surface area contributed by atoms with E-state index in [4.69, 9.17) is 26.6 Å². The van der Waals surface area contributed by atoms with Gasteiger partial charge in [0.05, 0.1) is 13.4 Å². The van der Waals surface area contributed by atoms with Gasteiger partial charge in [0.1, 0.15) is 17.6 Å². The van der Waals surface area contributed by atoms with Crippen molar-refractivity contribution in [2.24, 2.45) is 5.84 Å². The minimum Gasteiger partial charge on any atom is -0.496 e. The Hall–Kier alpha value is -1.49. The first-order chi connectivity index (χ1) is 8.26. The summed E-state index contributed by atoms with van der Waals surface area (Å²) >= 11 is 5.98. The highest BCUT2D eigenvalue weighted by Gasteiger charge is 2.19. The van der Waals surface area contributed by atoms with E-state index in [-0.39, 0.29) is 6.04 Å². The van der Waals surface area contributed by atoms with E-state index in [9.17, 15) is 0 Å². The molecule has 1 aromatic heterocycles. The first kappa shape index (κ1) is 12.0. The second-order valence-electron chi connectivity index (χ2n) is 3.50. The molecule has 5 heteroatoms. The number of ether oxygens (including phenoxy) is 1. The highest BCUT2D eigenvalue weighted by atomic mass is 35.5. The summed E-state index contributed by atoms with van der Waals surface area (Å²) < 4.78 is 10.6. The number of hydrogen-bond donors (Lipinski definition) is 2. The summed E-state index contributed by atoms with van der Waals surface area (Å²) in [6.07, 6.45) is 1.59. The summed E-state index contributed by atoms with van der Waals surface area (Å²) in [5, 5.41) is 0.618. The fourth-order valence-corrected chi connectivity index (χ4v) is 1.89. The van der Waals surface area contributed by atoms with Crippen LogP contribution in [0.5, 0.6) is 5.75 Å². The third-order valence-electron chi connectivity index (χ3n) is 2.50. The lowest BCUT2D eigenvalue weighted by atomic mass is 10.0. The Morgan fingerprint density at radius 1 is 1.41 bits per heavy atom. The molecule has 4 nitrogen and oxygen atoms in total. The quantitative estimate of drug-likeness (QED) is 0.648. The molecule has 0 radical (unpaired) electrons. The predicted molar refractivity (Wildman–Crippen MR) is 65.9 cm³/mol. The first-order valence-electron chi connectivity index (χ1n) is 5.09. The summed E-state index contributed by atoms with van der Waals surface area (Å²) in [6.45, 7) is 0. The Bertz CT molecular complexity index is 485. The number of nitrogens with two attached hydrogens (primary N) is 1.